The topological polar surface area (TPSA) is 12.9 Å². The molecule has 0 amide bonds. The van der Waals surface area contributed by atoms with Gasteiger partial charge in [0.15, 0.2) is 0 Å². The molecule has 0 aliphatic carbocycles. The molecule has 0 spiro atoms. The van der Waals surface area contributed by atoms with Gasteiger partial charge in [-0.15, -0.1) is 0 Å². The number of rotatable bonds is 3. The number of pyridine rings is 1. The van der Waals surface area contributed by atoms with Gasteiger partial charge in [-0.3, -0.25) is 0 Å². The van der Waals surface area contributed by atoms with Gasteiger partial charge in [0.2, 0.25) is 0 Å². The molecular formula is C18H17FNP. The van der Waals surface area contributed by atoms with Crippen molar-refractivity contribution in [2.24, 2.45) is 0 Å². The summed E-state index contributed by atoms with van der Waals surface area (Å²) in [5, 5.41) is 2.55. The summed E-state index contributed by atoms with van der Waals surface area (Å²) < 4.78 is 13.2. The van der Waals surface area contributed by atoms with Crippen molar-refractivity contribution in [2.75, 3.05) is 6.66 Å². The maximum atomic E-state index is 13.2. The van der Waals surface area contributed by atoms with Gasteiger partial charge in [0, 0.05) is 0 Å². The molecule has 0 fully saturated rings. The number of benzene rings is 2. The summed E-state index contributed by atoms with van der Waals surface area (Å²) in [5.41, 5.74) is 0.973. The van der Waals surface area contributed by atoms with E-state index in [0.29, 0.717) is 0 Å². The van der Waals surface area contributed by atoms with Crippen LogP contribution in [0.5, 0.6) is 0 Å². The summed E-state index contributed by atoms with van der Waals surface area (Å²) in [6.07, 6.45) is 1.31. The van der Waals surface area contributed by atoms with E-state index in [1.54, 1.807) is 0 Å². The number of nitrogens with zero attached hydrogens (tertiary/aromatic N) is 1. The van der Waals surface area contributed by atoms with Crippen LogP contribution in [0.15, 0.2) is 79.0 Å². The number of halogens is 1. The zero-order valence-corrected chi connectivity index (χ0v) is 12.8. The molecule has 1 aromatic heterocycles. The van der Waals surface area contributed by atoms with E-state index in [0.717, 1.165) is 5.44 Å². The zero-order chi connectivity index (χ0) is 14.7. The molecule has 2 aromatic carbocycles. The Labute approximate surface area is 124 Å². The van der Waals surface area contributed by atoms with Crippen LogP contribution in [0.25, 0.3) is 0 Å². The van der Waals surface area contributed by atoms with Crippen LogP contribution in [0.3, 0.4) is 0 Å². The third-order valence-electron chi connectivity index (χ3n) is 3.94. The molecule has 1 nitrogen and oxygen atoms in total. The first-order valence-corrected chi connectivity index (χ1v) is 9.44. The van der Waals surface area contributed by atoms with E-state index in [4.69, 9.17) is 0 Å². The summed E-state index contributed by atoms with van der Waals surface area (Å²) >= 11 is 0. The minimum atomic E-state index is -2.18. The van der Waals surface area contributed by atoms with Crippen molar-refractivity contribution in [3.05, 3.63) is 84.8 Å². The molecule has 1 heterocycles. The van der Waals surface area contributed by atoms with E-state index < -0.39 is 7.26 Å². The summed E-state index contributed by atoms with van der Waals surface area (Å²) in [4.78, 5) is 4.39. The minimum absolute atomic E-state index is 0.295. The van der Waals surface area contributed by atoms with E-state index in [1.165, 1.54) is 22.9 Å². The predicted octanol–water partition coefficient (Wildman–Crippen LogP) is 2.88. The van der Waals surface area contributed by atoms with Crippen molar-refractivity contribution < 1.29 is 4.39 Å². The molecule has 0 atom stereocenters. The standard InChI is InChI=1S/C18H17FNP/c1-21(16-8-4-2-5-9-16,17-10-6-3-7-11-17)18-13-12-15(19)14-20-18/h2-14,21H,1H3. The van der Waals surface area contributed by atoms with Crippen LogP contribution < -0.4 is 16.0 Å². The molecule has 0 radical (unpaired) electrons. The van der Waals surface area contributed by atoms with Crippen LogP contribution in [0.4, 0.5) is 4.39 Å². The fourth-order valence-electron chi connectivity index (χ4n) is 2.68. The zero-order valence-electron chi connectivity index (χ0n) is 11.8. The summed E-state index contributed by atoms with van der Waals surface area (Å²) in [5.74, 6) is -0.295. The van der Waals surface area contributed by atoms with Crippen molar-refractivity contribution >= 4 is 23.3 Å². The molecule has 0 aliphatic rings. The third kappa shape index (κ3) is 2.59. The Kier molecular flexibility index (Phi) is 3.81. The molecule has 0 unspecified atom stereocenters. The van der Waals surface area contributed by atoms with Gasteiger partial charge < -0.3 is 0 Å². The summed E-state index contributed by atoms with van der Waals surface area (Å²) in [6.45, 7) is 2.26. The van der Waals surface area contributed by atoms with Crippen LogP contribution in [-0.4, -0.2) is 11.6 Å². The Hall–Kier alpha value is -2.05. The SMILES string of the molecule is C[PH](c1ccccc1)(c1ccccc1)c1ccc(F)cn1. The average molecular weight is 297 g/mol. The Morgan fingerprint density at radius 3 is 1.71 bits per heavy atom. The van der Waals surface area contributed by atoms with Crippen molar-refractivity contribution in [1.82, 2.24) is 4.98 Å². The Morgan fingerprint density at radius 2 is 1.29 bits per heavy atom. The van der Waals surface area contributed by atoms with Crippen LogP contribution in [0.1, 0.15) is 0 Å². The first kappa shape index (κ1) is 13.9. The molecule has 0 aliphatic heterocycles. The molecule has 21 heavy (non-hydrogen) atoms. The van der Waals surface area contributed by atoms with Crippen LogP contribution in [0.2, 0.25) is 0 Å². The van der Waals surface area contributed by atoms with E-state index >= 15 is 0 Å². The number of hydrogen-bond donors (Lipinski definition) is 0. The Bertz CT molecular complexity index is 672. The van der Waals surface area contributed by atoms with Crippen LogP contribution in [-0.2, 0) is 0 Å². The monoisotopic (exact) mass is 297 g/mol. The second-order valence-electron chi connectivity index (χ2n) is 5.22. The molecule has 0 saturated carbocycles. The molecule has 0 bridgehead atoms. The van der Waals surface area contributed by atoms with Gasteiger partial charge in [0.25, 0.3) is 0 Å². The van der Waals surface area contributed by atoms with Gasteiger partial charge in [-0.2, -0.15) is 0 Å². The molecular weight excluding hydrogens is 280 g/mol. The van der Waals surface area contributed by atoms with Gasteiger partial charge in [0.05, 0.1) is 0 Å². The molecule has 3 heteroatoms. The van der Waals surface area contributed by atoms with E-state index in [2.05, 4.69) is 35.9 Å². The number of hydrogen-bond acceptors (Lipinski definition) is 1. The normalized spacial score (nSPS) is 12.1. The predicted molar refractivity (Wildman–Crippen MR) is 90.2 cm³/mol. The fourth-order valence-corrected chi connectivity index (χ4v) is 6.06. The second-order valence-corrected chi connectivity index (χ2v) is 9.14. The molecule has 3 rings (SSSR count). The molecule has 0 N–H and O–H groups in total. The second kappa shape index (κ2) is 5.75. The summed E-state index contributed by atoms with van der Waals surface area (Å²) in [6, 6.07) is 24.1. The Balaban J connectivity index is 2.23. The van der Waals surface area contributed by atoms with Crippen molar-refractivity contribution in [1.29, 1.82) is 0 Å². The average Bonchev–Trinajstić information content (AvgIpc) is 2.56. The van der Waals surface area contributed by atoms with Crippen LogP contribution >= 0.6 is 7.26 Å². The number of aromatic nitrogens is 1. The van der Waals surface area contributed by atoms with Gasteiger partial charge in [-0.05, 0) is 0 Å². The van der Waals surface area contributed by atoms with Crippen molar-refractivity contribution in [2.45, 2.75) is 0 Å². The fraction of sp³-hybridized carbons (Fsp3) is 0.0556. The quantitative estimate of drug-likeness (QED) is 0.677. The van der Waals surface area contributed by atoms with E-state index in [1.807, 2.05) is 42.5 Å². The van der Waals surface area contributed by atoms with Crippen LogP contribution in [0, 0.1) is 5.82 Å². The maximum absolute atomic E-state index is 13.2. The van der Waals surface area contributed by atoms with E-state index in [-0.39, 0.29) is 5.82 Å². The van der Waals surface area contributed by atoms with E-state index in [9.17, 15) is 4.39 Å². The van der Waals surface area contributed by atoms with Crippen molar-refractivity contribution in [3.8, 4) is 0 Å². The van der Waals surface area contributed by atoms with Gasteiger partial charge in [0.1, 0.15) is 0 Å². The third-order valence-corrected chi connectivity index (χ3v) is 8.24. The summed E-state index contributed by atoms with van der Waals surface area (Å²) in [7, 11) is -2.18. The molecule has 106 valence electrons. The first-order chi connectivity index (χ1) is 10.2. The van der Waals surface area contributed by atoms with Crippen molar-refractivity contribution in [3.63, 3.8) is 0 Å². The first-order valence-electron chi connectivity index (χ1n) is 6.94. The molecule has 3 aromatic rings. The van der Waals surface area contributed by atoms with Gasteiger partial charge in [-0.1, -0.05) is 0 Å². The Morgan fingerprint density at radius 1 is 0.762 bits per heavy atom. The van der Waals surface area contributed by atoms with Gasteiger partial charge in [-0.25, -0.2) is 0 Å². The molecule has 0 saturated heterocycles. The van der Waals surface area contributed by atoms with Gasteiger partial charge >= 0.3 is 124 Å².